The summed E-state index contributed by atoms with van der Waals surface area (Å²) in [6.45, 7) is 0. The molecule has 0 aromatic carbocycles. The SMILES string of the molecule is [Cl-].[Cl-].[Cl-].[Hf+4]. The molecule has 0 heterocycles. The number of hydrogen-bond acceptors (Lipinski definition) is 0. The third-order valence-electron chi connectivity index (χ3n) is 0. The van der Waals surface area contributed by atoms with Crippen molar-refractivity contribution in [1.29, 1.82) is 0 Å². The summed E-state index contributed by atoms with van der Waals surface area (Å²) in [6.07, 6.45) is 0. The molecule has 0 nitrogen and oxygen atoms in total. The standard InChI is InChI=1S/3ClH.Hf/h3*1H;/q;;;+4/p-3. The molecule has 24 valence electrons. The van der Waals surface area contributed by atoms with Crippen molar-refractivity contribution in [1.82, 2.24) is 0 Å². The fourth-order valence-corrected chi connectivity index (χ4v) is 0. The zero-order valence-electron chi connectivity index (χ0n) is 1.63. The van der Waals surface area contributed by atoms with Crippen molar-refractivity contribution in [2.45, 2.75) is 0 Å². The van der Waals surface area contributed by atoms with Gasteiger partial charge in [-0.2, -0.15) is 0 Å². The van der Waals surface area contributed by atoms with E-state index in [-0.39, 0.29) is 63.1 Å². The molecule has 0 spiro atoms. The van der Waals surface area contributed by atoms with Crippen molar-refractivity contribution in [2.24, 2.45) is 0 Å². The molecule has 0 aliphatic carbocycles. The van der Waals surface area contributed by atoms with Gasteiger partial charge in [-0.25, -0.2) is 0 Å². The Kier molecular flexibility index (Phi) is 233. The van der Waals surface area contributed by atoms with E-state index in [1.54, 1.807) is 0 Å². The van der Waals surface area contributed by atoms with Gasteiger partial charge in [0.25, 0.3) is 0 Å². The van der Waals surface area contributed by atoms with Gasteiger partial charge in [-0.3, -0.25) is 0 Å². The van der Waals surface area contributed by atoms with Crippen LogP contribution in [0.5, 0.6) is 0 Å². The molecule has 0 unspecified atom stereocenters. The van der Waals surface area contributed by atoms with Gasteiger partial charge in [-0.15, -0.1) is 0 Å². The van der Waals surface area contributed by atoms with Crippen LogP contribution >= 0.6 is 0 Å². The fourth-order valence-electron chi connectivity index (χ4n) is 0. The fraction of sp³-hybridized carbons (Fsp3) is 0. The van der Waals surface area contributed by atoms with Crippen molar-refractivity contribution in [2.75, 3.05) is 0 Å². The second-order valence-electron chi connectivity index (χ2n) is 0. The van der Waals surface area contributed by atoms with Gasteiger partial charge in [0.2, 0.25) is 0 Å². The van der Waals surface area contributed by atoms with Crippen LogP contribution in [0.1, 0.15) is 0 Å². The number of halogens is 3. The van der Waals surface area contributed by atoms with E-state index in [1.807, 2.05) is 0 Å². The summed E-state index contributed by atoms with van der Waals surface area (Å²) in [5, 5.41) is 0. The van der Waals surface area contributed by atoms with Crippen LogP contribution in [-0.4, -0.2) is 0 Å². The molecular formula is Cl3Hf+. The van der Waals surface area contributed by atoms with Gasteiger partial charge in [0.15, 0.2) is 0 Å². The quantitative estimate of drug-likeness (QED) is 0.388. The van der Waals surface area contributed by atoms with E-state index in [1.165, 1.54) is 0 Å². The molecule has 0 rings (SSSR count). The number of rotatable bonds is 0. The Labute approximate surface area is 62.7 Å². The van der Waals surface area contributed by atoms with Gasteiger partial charge in [0.1, 0.15) is 0 Å². The summed E-state index contributed by atoms with van der Waals surface area (Å²) >= 11 is 0. The van der Waals surface area contributed by atoms with Crippen molar-refractivity contribution in [3.63, 3.8) is 0 Å². The largest absolute Gasteiger partial charge is 4.00 e. The predicted molar refractivity (Wildman–Crippen MR) is 0 cm³/mol. The molecule has 0 fully saturated rings. The van der Waals surface area contributed by atoms with Crippen LogP contribution in [0.4, 0.5) is 0 Å². The third kappa shape index (κ3) is 9.27. The normalized spacial score (nSPS) is 0. The third-order valence-corrected chi connectivity index (χ3v) is 0. The van der Waals surface area contributed by atoms with Gasteiger partial charge in [-0.05, 0) is 0 Å². The van der Waals surface area contributed by atoms with Crippen molar-refractivity contribution < 1.29 is 63.1 Å². The van der Waals surface area contributed by atoms with E-state index in [2.05, 4.69) is 0 Å². The zero-order chi connectivity index (χ0) is 0. The zero-order valence-corrected chi connectivity index (χ0v) is 7.49. The average Bonchev–Trinajstić information content (AvgIpc) is 0. The summed E-state index contributed by atoms with van der Waals surface area (Å²) in [7, 11) is 0. The molecule has 0 aromatic rings. The molecule has 0 amide bonds. The Morgan fingerprint density at radius 2 is 0.500 bits per heavy atom. The monoisotopic (exact) mass is 285 g/mol. The van der Waals surface area contributed by atoms with Crippen LogP contribution in [0.2, 0.25) is 0 Å². The summed E-state index contributed by atoms with van der Waals surface area (Å²) in [5.74, 6) is 0. The van der Waals surface area contributed by atoms with E-state index in [9.17, 15) is 0 Å². The van der Waals surface area contributed by atoms with Crippen LogP contribution in [0.3, 0.4) is 0 Å². The Hall–Kier alpha value is 1.74. The average molecular weight is 285 g/mol. The summed E-state index contributed by atoms with van der Waals surface area (Å²) in [5.41, 5.74) is 0. The minimum absolute atomic E-state index is 0. The van der Waals surface area contributed by atoms with Gasteiger partial charge < -0.3 is 37.2 Å². The van der Waals surface area contributed by atoms with Gasteiger partial charge in [0, 0.05) is 0 Å². The first-order chi connectivity index (χ1) is 0. The van der Waals surface area contributed by atoms with E-state index in [0.29, 0.717) is 0 Å². The molecule has 0 atom stereocenters. The summed E-state index contributed by atoms with van der Waals surface area (Å²) in [6, 6.07) is 0. The van der Waals surface area contributed by atoms with Crippen LogP contribution in [0, 0.1) is 0 Å². The maximum absolute atomic E-state index is 0. The number of hydrogen-bond donors (Lipinski definition) is 0. The van der Waals surface area contributed by atoms with Crippen molar-refractivity contribution >= 4 is 0 Å². The first-order valence-corrected chi connectivity index (χ1v) is 0. The maximum Gasteiger partial charge on any atom is 4.00 e. The molecule has 0 saturated carbocycles. The Morgan fingerprint density at radius 1 is 0.500 bits per heavy atom. The van der Waals surface area contributed by atoms with Gasteiger partial charge in [0.05, 0.1) is 0 Å². The Balaban J connectivity index is 0. The molecule has 0 radical (unpaired) electrons. The van der Waals surface area contributed by atoms with Crippen molar-refractivity contribution in [3.05, 3.63) is 0 Å². The molecule has 0 N–H and O–H groups in total. The minimum Gasteiger partial charge on any atom is -1.00 e. The Bertz CT molecular complexity index is 3.25. The van der Waals surface area contributed by atoms with Crippen LogP contribution in [0.25, 0.3) is 0 Å². The van der Waals surface area contributed by atoms with E-state index < -0.39 is 0 Å². The van der Waals surface area contributed by atoms with Gasteiger partial charge in [-0.1, -0.05) is 0 Å². The molecule has 0 bridgehead atoms. The van der Waals surface area contributed by atoms with Crippen molar-refractivity contribution in [3.8, 4) is 0 Å². The maximum atomic E-state index is 0. The predicted octanol–water partition coefficient (Wildman–Crippen LogP) is -8.99. The molecule has 0 aliphatic heterocycles. The minimum atomic E-state index is 0. The molecular weight excluding hydrogens is 285 g/mol. The van der Waals surface area contributed by atoms with E-state index in [4.69, 9.17) is 0 Å². The van der Waals surface area contributed by atoms with E-state index >= 15 is 0 Å². The molecule has 0 saturated heterocycles. The van der Waals surface area contributed by atoms with Gasteiger partial charge >= 0.3 is 25.8 Å². The first kappa shape index (κ1) is 42.6. The van der Waals surface area contributed by atoms with E-state index in [0.717, 1.165) is 0 Å². The van der Waals surface area contributed by atoms with Crippen LogP contribution < -0.4 is 37.2 Å². The molecule has 0 aliphatic rings. The van der Waals surface area contributed by atoms with Crippen LogP contribution in [0.15, 0.2) is 0 Å². The second kappa shape index (κ2) is 21.9. The smallest absolute Gasteiger partial charge is 1.00 e. The molecule has 4 heteroatoms. The topological polar surface area (TPSA) is 0 Å². The summed E-state index contributed by atoms with van der Waals surface area (Å²) in [4.78, 5) is 0. The van der Waals surface area contributed by atoms with Crippen LogP contribution in [-0.2, 0) is 25.8 Å². The molecule has 4 heavy (non-hydrogen) atoms. The summed E-state index contributed by atoms with van der Waals surface area (Å²) < 4.78 is 0. The molecule has 0 aromatic heterocycles. The first-order valence-electron chi connectivity index (χ1n) is 0. The Morgan fingerprint density at radius 3 is 0.500 bits per heavy atom. The second-order valence-corrected chi connectivity index (χ2v) is 0.